The number of benzene rings is 8. The van der Waals surface area contributed by atoms with Gasteiger partial charge < -0.3 is 0 Å². The van der Waals surface area contributed by atoms with Crippen molar-refractivity contribution in [2.24, 2.45) is 0 Å². The topological polar surface area (TPSA) is 49.6 Å². The van der Waals surface area contributed by atoms with Gasteiger partial charge in [0.15, 0.2) is 5.82 Å². The molecule has 0 aliphatic rings. The molecule has 0 fully saturated rings. The largest absolute Gasteiger partial charge is 0.228 e. The highest BCUT2D eigenvalue weighted by Crippen LogP contribution is 2.41. The standard InChI is InChI=1S/C47H29N3/c48-30-31-18-20-35(21-19-31)38-14-8-9-17-41(38)45-29-44(36-24-22-33(23-25-36)32-10-2-1-3-11-32)49-47(50-45)46-40-16-7-5-13-37(40)28-43-39-15-6-4-12-34(39)26-27-42(43)46/h1-29H. The molecule has 3 heteroatoms. The summed E-state index contributed by atoms with van der Waals surface area (Å²) in [4.78, 5) is 10.8. The van der Waals surface area contributed by atoms with Crippen molar-refractivity contribution in [2.45, 2.75) is 0 Å². The predicted octanol–water partition coefficient (Wildman–Crippen LogP) is 12.1. The van der Waals surface area contributed by atoms with Crippen LogP contribution in [0.3, 0.4) is 0 Å². The molecule has 3 nitrogen and oxygen atoms in total. The molecule has 1 heterocycles. The molecule has 8 aromatic carbocycles. The molecule has 0 amide bonds. The van der Waals surface area contributed by atoms with Crippen molar-refractivity contribution in [3.63, 3.8) is 0 Å². The summed E-state index contributed by atoms with van der Waals surface area (Å²) < 4.78 is 0. The van der Waals surface area contributed by atoms with Gasteiger partial charge in [0, 0.05) is 16.7 Å². The molecule has 0 atom stereocenters. The van der Waals surface area contributed by atoms with Crippen molar-refractivity contribution in [1.29, 1.82) is 5.26 Å². The van der Waals surface area contributed by atoms with Gasteiger partial charge in [-0.3, -0.25) is 0 Å². The number of hydrogen-bond acceptors (Lipinski definition) is 3. The fourth-order valence-electron chi connectivity index (χ4n) is 7.05. The lowest BCUT2D eigenvalue weighted by molar-refractivity contribution is 1.19. The van der Waals surface area contributed by atoms with Crippen LogP contribution in [0.2, 0.25) is 0 Å². The summed E-state index contributed by atoms with van der Waals surface area (Å²) in [5.74, 6) is 0.677. The van der Waals surface area contributed by atoms with Gasteiger partial charge in [-0.2, -0.15) is 5.26 Å². The van der Waals surface area contributed by atoms with E-state index in [1.165, 1.54) is 21.7 Å². The van der Waals surface area contributed by atoms with Gasteiger partial charge in [0.05, 0.1) is 23.0 Å². The van der Waals surface area contributed by atoms with E-state index in [4.69, 9.17) is 9.97 Å². The van der Waals surface area contributed by atoms with Crippen LogP contribution in [0.25, 0.3) is 88.5 Å². The maximum Gasteiger partial charge on any atom is 0.161 e. The number of nitriles is 1. The third kappa shape index (κ3) is 5.17. The molecule has 50 heavy (non-hydrogen) atoms. The molecular formula is C47H29N3. The Hall–Kier alpha value is -6.89. The smallest absolute Gasteiger partial charge is 0.161 e. The summed E-state index contributed by atoms with van der Waals surface area (Å²) in [6.45, 7) is 0. The van der Waals surface area contributed by atoms with Gasteiger partial charge in [0.25, 0.3) is 0 Å². The van der Waals surface area contributed by atoms with Crippen LogP contribution in [0.1, 0.15) is 5.56 Å². The van der Waals surface area contributed by atoms with Crippen LogP contribution in [0, 0.1) is 11.3 Å². The number of fused-ring (bicyclic) bond motifs is 4. The van der Waals surface area contributed by atoms with E-state index in [2.05, 4.69) is 146 Å². The fraction of sp³-hybridized carbons (Fsp3) is 0. The first-order chi connectivity index (χ1) is 24.7. The number of aromatic nitrogens is 2. The van der Waals surface area contributed by atoms with Crippen LogP contribution in [-0.2, 0) is 0 Å². The van der Waals surface area contributed by atoms with Gasteiger partial charge in [-0.25, -0.2) is 9.97 Å². The normalized spacial score (nSPS) is 11.2. The van der Waals surface area contributed by atoms with Crippen molar-refractivity contribution in [1.82, 2.24) is 9.97 Å². The van der Waals surface area contributed by atoms with E-state index in [-0.39, 0.29) is 0 Å². The first kappa shape index (κ1) is 29.3. The Bertz CT molecular complexity index is 2740. The maximum atomic E-state index is 9.43. The van der Waals surface area contributed by atoms with E-state index in [0.717, 1.165) is 60.9 Å². The van der Waals surface area contributed by atoms with Crippen molar-refractivity contribution >= 4 is 32.3 Å². The Morgan fingerprint density at radius 1 is 0.380 bits per heavy atom. The molecule has 0 radical (unpaired) electrons. The predicted molar refractivity (Wildman–Crippen MR) is 206 cm³/mol. The van der Waals surface area contributed by atoms with Crippen molar-refractivity contribution in [3.05, 3.63) is 181 Å². The first-order valence-corrected chi connectivity index (χ1v) is 16.7. The molecule has 0 N–H and O–H groups in total. The number of rotatable bonds is 5. The van der Waals surface area contributed by atoms with Crippen LogP contribution in [-0.4, -0.2) is 9.97 Å². The minimum absolute atomic E-state index is 0.632. The second-order valence-electron chi connectivity index (χ2n) is 12.5. The molecule has 0 saturated heterocycles. The zero-order valence-corrected chi connectivity index (χ0v) is 27.1. The van der Waals surface area contributed by atoms with Gasteiger partial charge >= 0.3 is 0 Å². The van der Waals surface area contributed by atoms with Crippen LogP contribution >= 0.6 is 0 Å². The summed E-state index contributed by atoms with van der Waals surface area (Å²) in [7, 11) is 0. The molecule has 0 saturated carbocycles. The Balaban J connectivity index is 1.32. The first-order valence-electron chi connectivity index (χ1n) is 16.7. The summed E-state index contributed by atoms with van der Waals surface area (Å²) in [5, 5.41) is 16.4. The van der Waals surface area contributed by atoms with Gasteiger partial charge in [-0.15, -0.1) is 0 Å². The highest BCUT2D eigenvalue weighted by Gasteiger charge is 2.19. The lowest BCUT2D eigenvalue weighted by Crippen LogP contribution is -1.98. The molecule has 1 aromatic heterocycles. The average Bonchev–Trinajstić information content (AvgIpc) is 3.20. The monoisotopic (exact) mass is 635 g/mol. The van der Waals surface area contributed by atoms with Crippen LogP contribution in [0.5, 0.6) is 0 Å². The summed E-state index contributed by atoms with van der Waals surface area (Å²) in [5.41, 5.74) is 9.74. The van der Waals surface area contributed by atoms with E-state index in [1.54, 1.807) is 0 Å². The van der Waals surface area contributed by atoms with Gasteiger partial charge in [-0.1, -0.05) is 152 Å². The zero-order chi connectivity index (χ0) is 33.4. The summed E-state index contributed by atoms with van der Waals surface area (Å²) >= 11 is 0. The lowest BCUT2D eigenvalue weighted by atomic mass is 9.92. The van der Waals surface area contributed by atoms with E-state index in [0.29, 0.717) is 11.4 Å². The van der Waals surface area contributed by atoms with Gasteiger partial charge in [0.1, 0.15) is 0 Å². The van der Waals surface area contributed by atoms with E-state index < -0.39 is 0 Å². The molecule has 0 spiro atoms. The molecule has 9 rings (SSSR count). The Morgan fingerprint density at radius 2 is 0.980 bits per heavy atom. The van der Waals surface area contributed by atoms with E-state index in [9.17, 15) is 5.26 Å². The summed E-state index contributed by atoms with van der Waals surface area (Å²) in [6, 6.07) is 63.3. The highest BCUT2D eigenvalue weighted by atomic mass is 14.9. The quantitative estimate of drug-likeness (QED) is 0.140. The molecule has 0 bridgehead atoms. The Labute approximate surface area is 290 Å². The van der Waals surface area contributed by atoms with Gasteiger partial charge in [0.2, 0.25) is 0 Å². The lowest BCUT2D eigenvalue weighted by Gasteiger charge is -2.16. The Morgan fingerprint density at radius 3 is 1.76 bits per heavy atom. The van der Waals surface area contributed by atoms with Crippen molar-refractivity contribution in [2.75, 3.05) is 0 Å². The summed E-state index contributed by atoms with van der Waals surface area (Å²) in [6.07, 6.45) is 0. The average molecular weight is 636 g/mol. The molecular weight excluding hydrogens is 607 g/mol. The second kappa shape index (κ2) is 12.3. The van der Waals surface area contributed by atoms with E-state index >= 15 is 0 Å². The van der Waals surface area contributed by atoms with Crippen LogP contribution < -0.4 is 0 Å². The third-order valence-corrected chi connectivity index (χ3v) is 9.54. The maximum absolute atomic E-state index is 9.43. The molecule has 0 aliphatic carbocycles. The molecule has 9 aromatic rings. The van der Waals surface area contributed by atoms with Gasteiger partial charge in [-0.05, 0) is 78.8 Å². The van der Waals surface area contributed by atoms with Crippen molar-refractivity contribution in [3.8, 4) is 62.2 Å². The van der Waals surface area contributed by atoms with Crippen molar-refractivity contribution < 1.29 is 0 Å². The number of nitrogens with zero attached hydrogens (tertiary/aromatic N) is 3. The zero-order valence-electron chi connectivity index (χ0n) is 27.1. The third-order valence-electron chi connectivity index (χ3n) is 9.54. The second-order valence-corrected chi connectivity index (χ2v) is 12.5. The SMILES string of the molecule is N#Cc1ccc(-c2ccccc2-c2cc(-c3ccc(-c4ccccc4)cc3)nc(-c3c4ccccc4cc4c3ccc3ccccc34)n2)cc1. The van der Waals surface area contributed by atoms with Crippen LogP contribution in [0.15, 0.2) is 176 Å². The minimum Gasteiger partial charge on any atom is -0.228 e. The Kier molecular flexibility index (Phi) is 7.19. The van der Waals surface area contributed by atoms with E-state index in [1.807, 2.05) is 36.4 Å². The van der Waals surface area contributed by atoms with Crippen LogP contribution in [0.4, 0.5) is 0 Å². The number of hydrogen-bond donors (Lipinski definition) is 0. The molecule has 232 valence electrons. The molecule has 0 unspecified atom stereocenters. The fourth-order valence-corrected chi connectivity index (χ4v) is 7.05. The highest BCUT2D eigenvalue weighted by molar-refractivity contribution is 6.19. The molecule has 0 aliphatic heterocycles. The minimum atomic E-state index is 0.632.